The average Bonchev–Trinajstić information content (AvgIpc) is 2.33. The molecule has 1 heterocycles. The Hall–Kier alpha value is -1.12. The summed E-state index contributed by atoms with van der Waals surface area (Å²) in [6.45, 7) is 2.86. The van der Waals surface area contributed by atoms with Crippen LogP contribution in [0.15, 0.2) is 30.6 Å². The van der Waals surface area contributed by atoms with Crippen LogP contribution >= 0.6 is 11.6 Å². The summed E-state index contributed by atoms with van der Waals surface area (Å²) in [4.78, 5) is 4.10. The Morgan fingerprint density at radius 1 is 1.31 bits per heavy atom. The van der Waals surface area contributed by atoms with E-state index < -0.39 is 0 Å². The molecule has 2 nitrogen and oxygen atoms in total. The highest BCUT2D eigenvalue weighted by molar-refractivity contribution is 6.35. The van der Waals surface area contributed by atoms with Gasteiger partial charge in [-0.3, -0.25) is 4.98 Å². The van der Waals surface area contributed by atoms with Crippen molar-refractivity contribution < 1.29 is 0 Å². The molecule has 0 saturated heterocycles. The van der Waals surface area contributed by atoms with Crippen LogP contribution in [0.3, 0.4) is 0 Å². The van der Waals surface area contributed by atoms with Crippen LogP contribution in [0.4, 0.5) is 0 Å². The molecule has 0 aliphatic carbocycles. The van der Waals surface area contributed by atoms with Gasteiger partial charge in [0.15, 0.2) is 0 Å². The first-order valence-electron chi connectivity index (χ1n) is 5.43. The monoisotopic (exact) mass is 234 g/mol. The van der Waals surface area contributed by atoms with Gasteiger partial charge in [-0.2, -0.15) is 0 Å². The average molecular weight is 235 g/mol. The van der Waals surface area contributed by atoms with Crippen molar-refractivity contribution in [1.29, 1.82) is 0 Å². The molecule has 16 heavy (non-hydrogen) atoms. The highest BCUT2D eigenvalue weighted by atomic mass is 35.5. The SMILES string of the molecule is CC(CN)Cc1ccc(Cl)c2cnccc12. The van der Waals surface area contributed by atoms with E-state index in [0.717, 1.165) is 16.8 Å². The number of nitrogens with zero attached hydrogens (tertiary/aromatic N) is 1. The molecule has 1 unspecified atom stereocenters. The number of rotatable bonds is 3. The van der Waals surface area contributed by atoms with Crippen LogP contribution in [0.2, 0.25) is 5.02 Å². The van der Waals surface area contributed by atoms with Crippen LogP contribution < -0.4 is 5.73 Å². The number of aromatic nitrogens is 1. The second kappa shape index (κ2) is 4.81. The van der Waals surface area contributed by atoms with E-state index in [9.17, 15) is 0 Å². The highest BCUT2D eigenvalue weighted by Gasteiger charge is 2.07. The molecule has 0 aliphatic heterocycles. The van der Waals surface area contributed by atoms with Crippen molar-refractivity contribution >= 4 is 22.4 Å². The Kier molecular flexibility index (Phi) is 3.42. The number of hydrogen-bond acceptors (Lipinski definition) is 2. The summed E-state index contributed by atoms with van der Waals surface area (Å²) in [6, 6.07) is 6.03. The van der Waals surface area contributed by atoms with E-state index >= 15 is 0 Å². The van der Waals surface area contributed by atoms with Crippen molar-refractivity contribution in [3.63, 3.8) is 0 Å². The van der Waals surface area contributed by atoms with Gasteiger partial charge in [0, 0.05) is 22.8 Å². The Balaban J connectivity index is 2.50. The number of benzene rings is 1. The van der Waals surface area contributed by atoms with E-state index in [4.69, 9.17) is 17.3 Å². The lowest BCUT2D eigenvalue weighted by molar-refractivity contribution is 0.595. The van der Waals surface area contributed by atoms with Crippen LogP contribution in [0.1, 0.15) is 12.5 Å². The third kappa shape index (κ3) is 2.18. The molecule has 1 aromatic carbocycles. The zero-order valence-corrected chi connectivity index (χ0v) is 10.0. The van der Waals surface area contributed by atoms with Crippen molar-refractivity contribution in [2.75, 3.05) is 6.54 Å². The molecule has 1 aromatic heterocycles. The molecule has 2 N–H and O–H groups in total. The zero-order valence-electron chi connectivity index (χ0n) is 9.28. The van der Waals surface area contributed by atoms with E-state index in [1.807, 2.05) is 18.3 Å². The van der Waals surface area contributed by atoms with E-state index in [-0.39, 0.29) is 0 Å². The van der Waals surface area contributed by atoms with Crippen molar-refractivity contribution in [1.82, 2.24) is 4.98 Å². The van der Waals surface area contributed by atoms with Gasteiger partial charge in [-0.05, 0) is 42.0 Å². The minimum Gasteiger partial charge on any atom is -0.330 e. The molecule has 0 radical (unpaired) electrons. The maximum absolute atomic E-state index is 6.13. The van der Waals surface area contributed by atoms with Crippen LogP contribution in [0.25, 0.3) is 10.8 Å². The number of fused-ring (bicyclic) bond motifs is 1. The first kappa shape index (κ1) is 11.4. The Bertz CT molecular complexity index is 496. The van der Waals surface area contributed by atoms with Crippen LogP contribution in [-0.2, 0) is 6.42 Å². The molecule has 2 aromatic rings. The van der Waals surface area contributed by atoms with Gasteiger partial charge in [0.05, 0.1) is 0 Å². The number of hydrogen-bond donors (Lipinski definition) is 1. The molecular weight excluding hydrogens is 220 g/mol. The summed E-state index contributed by atoms with van der Waals surface area (Å²) in [5.74, 6) is 0.484. The minimum absolute atomic E-state index is 0.484. The van der Waals surface area contributed by atoms with Gasteiger partial charge in [0.2, 0.25) is 0 Å². The predicted molar refractivity (Wildman–Crippen MR) is 68.7 cm³/mol. The van der Waals surface area contributed by atoms with E-state index in [2.05, 4.69) is 18.0 Å². The van der Waals surface area contributed by atoms with Gasteiger partial charge in [-0.25, -0.2) is 0 Å². The van der Waals surface area contributed by atoms with Gasteiger partial charge < -0.3 is 5.73 Å². The summed E-state index contributed by atoms with van der Waals surface area (Å²) < 4.78 is 0. The molecule has 0 amide bonds. The lowest BCUT2D eigenvalue weighted by Crippen LogP contribution is -2.13. The van der Waals surface area contributed by atoms with E-state index in [1.165, 1.54) is 10.9 Å². The molecule has 0 fully saturated rings. The highest BCUT2D eigenvalue weighted by Crippen LogP contribution is 2.26. The normalized spacial score (nSPS) is 12.9. The lowest BCUT2D eigenvalue weighted by atomic mass is 9.97. The lowest BCUT2D eigenvalue weighted by Gasteiger charge is -2.11. The van der Waals surface area contributed by atoms with Crippen LogP contribution in [-0.4, -0.2) is 11.5 Å². The maximum atomic E-state index is 6.13. The second-order valence-corrected chi connectivity index (χ2v) is 4.58. The fraction of sp³-hybridized carbons (Fsp3) is 0.308. The third-order valence-corrected chi connectivity index (χ3v) is 3.16. The topological polar surface area (TPSA) is 38.9 Å². The van der Waals surface area contributed by atoms with E-state index in [0.29, 0.717) is 12.5 Å². The summed E-state index contributed by atoms with van der Waals surface area (Å²) in [5, 5.41) is 2.96. The molecule has 1 atom stereocenters. The van der Waals surface area contributed by atoms with Crippen molar-refractivity contribution in [3.05, 3.63) is 41.2 Å². The maximum Gasteiger partial charge on any atom is 0.0500 e. The molecule has 0 saturated carbocycles. The van der Waals surface area contributed by atoms with E-state index in [1.54, 1.807) is 6.20 Å². The number of nitrogens with two attached hydrogens (primary N) is 1. The Morgan fingerprint density at radius 3 is 2.88 bits per heavy atom. The predicted octanol–water partition coefficient (Wildman–Crippen LogP) is 3.03. The van der Waals surface area contributed by atoms with Gasteiger partial charge in [0.1, 0.15) is 0 Å². The smallest absolute Gasteiger partial charge is 0.0500 e. The Labute approximate surface area is 100 Å². The summed E-state index contributed by atoms with van der Waals surface area (Å²) >= 11 is 6.13. The fourth-order valence-electron chi connectivity index (χ4n) is 1.85. The standard InChI is InChI=1S/C13H15ClN2/c1-9(7-15)6-10-2-3-13(14)12-8-16-5-4-11(10)12/h2-5,8-9H,6-7,15H2,1H3. The van der Waals surface area contributed by atoms with Gasteiger partial charge in [-0.1, -0.05) is 24.6 Å². The van der Waals surface area contributed by atoms with Gasteiger partial charge >= 0.3 is 0 Å². The molecule has 0 bridgehead atoms. The minimum atomic E-state index is 0.484. The second-order valence-electron chi connectivity index (χ2n) is 4.17. The molecule has 84 valence electrons. The largest absolute Gasteiger partial charge is 0.330 e. The summed E-state index contributed by atoms with van der Waals surface area (Å²) in [5.41, 5.74) is 6.95. The van der Waals surface area contributed by atoms with Crippen LogP contribution in [0, 0.1) is 5.92 Å². The molecular formula is C13H15ClN2. The van der Waals surface area contributed by atoms with Crippen molar-refractivity contribution in [2.24, 2.45) is 11.7 Å². The zero-order chi connectivity index (χ0) is 11.5. The summed E-state index contributed by atoms with van der Waals surface area (Å²) in [6.07, 6.45) is 4.59. The fourth-order valence-corrected chi connectivity index (χ4v) is 2.07. The van der Waals surface area contributed by atoms with Crippen molar-refractivity contribution in [2.45, 2.75) is 13.3 Å². The first-order chi connectivity index (χ1) is 7.72. The van der Waals surface area contributed by atoms with Crippen molar-refractivity contribution in [3.8, 4) is 0 Å². The van der Waals surface area contributed by atoms with Gasteiger partial charge in [-0.15, -0.1) is 0 Å². The molecule has 0 spiro atoms. The quantitative estimate of drug-likeness (QED) is 0.887. The molecule has 2 rings (SSSR count). The molecule has 0 aliphatic rings. The summed E-state index contributed by atoms with van der Waals surface area (Å²) in [7, 11) is 0. The number of pyridine rings is 1. The Morgan fingerprint density at radius 2 is 2.12 bits per heavy atom. The van der Waals surface area contributed by atoms with Crippen LogP contribution in [0.5, 0.6) is 0 Å². The third-order valence-electron chi connectivity index (χ3n) is 2.83. The number of halogens is 1. The first-order valence-corrected chi connectivity index (χ1v) is 5.81. The van der Waals surface area contributed by atoms with Gasteiger partial charge in [0.25, 0.3) is 0 Å². The molecule has 3 heteroatoms.